The van der Waals surface area contributed by atoms with E-state index < -0.39 is 0 Å². The van der Waals surface area contributed by atoms with Gasteiger partial charge >= 0.3 is 0 Å². The lowest BCUT2D eigenvalue weighted by Crippen LogP contribution is -2.02. The van der Waals surface area contributed by atoms with Crippen LogP contribution in [0.3, 0.4) is 0 Å². The number of aldehydes is 1. The molecule has 3 aromatic rings. The number of aromatic amines is 1. The van der Waals surface area contributed by atoms with E-state index in [9.17, 15) is 9.59 Å². The van der Waals surface area contributed by atoms with Gasteiger partial charge in [-0.15, -0.1) is 0 Å². The van der Waals surface area contributed by atoms with Crippen LogP contribution in [-0.4, -0.2) is 17.1 Å². The summed E-state index contributed by atoms with van der Waals surface area (Å²) in [5.74, 6) is -0.126. The number of hydrogen-bond acceptors (Lipinski definition) is 2. The molecular formula is C17H12ClNO2. The van der Waals surface area contributed by atoms with Gasteiger partial charge in [0.25, 0.3) is 0 Å². The van der Waals surface area contributed by atoms with Gasteiger partial charge in [-0.25, -0.2) is 0 Å². The maximum atomic E-state index is 12.7. The van der Waals surface area contributed by atoms with Crippen molar-refractivity contribution in [2.45, 2.75) is 6.92 Å². The van der Waals surface area contributed by atoms with Crippen molar-refractivity contribution in [2.75, 3.05) is 0 Å². The lowest BCUT2D eigenvalue weighted by atomic mass is 9.98. The summed E-state index contributed by atoms with van der Waals surface area (Å²) in [5, 5.41) is 1.25. The van der Waals surface area contributed by atoms with Crippen LogP contribution in [0.5, 0.6) is 0 Å². The topological polar surface area (TPSA) is 49.9 Å². The zero-order valence-corrected chi connectivity index (χ0v) is 12.1. The van der Waals surface area contributed by atoms with Crippen LogP contribution in [0.1, 0.15) is 32.0 Å². The van der Waals surface area contributed by atoms with E-state index in [2.05, 4.69) is 4.98 Å². The van der Waals surface area contributed by atoms with Crippen LogP contribution in [0.2, 0.25) is 5.02 Å². The van der Waals surface area contributed by atoms with E-state index >= 15 is 0 Å². The zero-order valence-electron chi connectivity index (χ0n) is 11.3. The summed E-state index contributed by atoms with van der Waals surface area (Å²) in [6.45, 7) is 1.82. The Bertz CT molecular complexity index is 847. The molecular weight excluding hydrogens is 286 g/mol. The number of benzene rings is 2. The van der Waals surface area contributed by atoms with Gasteiger partial charge in [-0.1, -0.05) is 23.7 Å². The molecule has 0 aliphatic heterocycles. The number of carbonyl (C=O) groups excluding carboxylic acids is 2. The smallest absolute Gasteiger partial charge is 0.193 e. The third kappa shape index (κ3) is 2.26. The monoisotopic (exact) mass is 297 g/mol. The molecule has 0 bridgehead atoms. The quantitative estimate of drug-likeness (QED) is 0.582. The molecule has 0 spiro atoms. The highest BCUT2D eigenvalue weighted by molar-refractivity contribution is 6.30. The van der Waals surface area contributed by atoms with Gasteiger partial charge in [0.05, 0.1) is 0 Å². The standard InChI is InChI=1S/C17H12ClNO2/c1-10-14(9-20)16-13(3-2-4-15(16)19-10)17(21)11-5-7-12(18)8-6-11/h2-9,19H,1H3. The largest absolute Gasteiger partial charge is 0.358 e. The molecule has 0 saturated carbocycles. The third-order valence-corrected chi connectivity index (χ3v) is 3.78. The van der Waals surface area contributed by atoms with Crippen LogP contribution in [0.4, 0.5) is 0 Å². The van der Waals surface area contributed by atoms with Gasteiger partial charge in [0, 0.05) is 38.3 Å². The maximum Gasteiger partial charge on any atom is 0.193 e. The Hall–Kier alpha value is -2.39. The Labute approximate surface area is 126 Å². The van der Waals surface area contributed by atoms with E-state index in [1.807, 2.05) is 13.0 Å². The molecule has 0 fully saturated rings. The summed E-state index contributed by atoms with van der Waals surface area (Å²) < 4.78 is 0. The molecule has 0 saturated heterocycles. The molecule has 0 atom stereocenters. The minimum Gasteiger partial charge on any atom is -0.358 e. The molecule has 0 aliphatic carbocycles. The summed E-state index contributed by atoms with van der Waals surface area (Å²) in [4.78, 5) is 27.1. The van der Waals surface area contributed by atoms with E-state index in [0.717, 1.165) is 17.5 Å². The van der Waals surface area contributed by atoms with E-state index in [1.165, 1.54) is 0 Å². The van der Waals surface area contributed by atoms with E-state index in [-0.39, 0.29) is 5.78 Å². The van der Waals surface area contributed by atoms with E-state index in [0.29, 0.717) is 27.1 Å². The molecule has 0 unspecified atom stereocenters. The van der Waals surface area contributed by atoms with Crippen molar-refractivity contribution in [3.8, 4) is 0 Å². The number of fused-ring (bicyclic) bond motifs is 1. The fraction of sp³-hybridized carbons (Fsp3) is 0.0588. The lowest BCUT2D eigenvalue weighted by molar-refractivity contribution is 0.104. The van der Waals surface area contributed by atoms with Crippen LogP contribution in [-0.2, 0) is 0 Å². The lowest BCUT2D eigenvalue weighted by Gasteiger charge is -2.04. The maximum absolute atomic E-state index is 12.7. The average molecular weight is 298 g/mol. The van der Waals surface area contributed by atoms with Crippen molar-refractivity contribution in [1.82, 2.24) is 4.98 Å². The Balaban J connectivity index is 2.22. The van der Waals surface area contributed by atoms with Gasteiger partial charge in [0.15, 0.2) is 12.1 Å². The normalized spacial score (nSPS) is 10.8. The Morgan fingerprint density at radius 3 is 2.52 bits per heavy atom. The van der Waals surface area contributed by atoms with E-state index in [1.54, 1.807) is 36.4 Å². The molecule has 1 N–H and O–H groups in total. The molecule has 3 rings (SSSR count). The Morgan fingerprint density at radius 2 is 1.86 bits per heavy atom. The molecule has 21 heavy (non-hydrogen) atoms. The minimum absolute atomic E-state index is 0.126. The van der Waals surface area contributed by atoms with Crippen LogP contribution in [0, 0.1) is 6.92 Å². The SMILES string of the molecule is Cc1[nH]c2cccc(C(=O)c3ccc(Cl)cc3)c2c1C=O. The van der Waals surface area contributed by atoms with Gasteiger partial charge in [-0.05, 0) is 37.3 Å². The number of aryl methyl sites for hydroxylation is 1. The molecule has 0 amide bonds. The number of H-pyrrole nitrogens is 1. The van der Waals surface area contributed by atoms with Crippen LogP contribution in [0.15, 0.2) is 42.5 Å². The van der Waals surface area contributed by atoms with E-state index in [4.69, 9.17) is 11.6 Å². The van der Waals surface area contributed by atoms with Crippen molar-refractivity contribution >= 4 is 34.6 Å². The van der Waals surface area contributed by atoms with Crippen LogP contribution in [0.25, 0.3) is 10.9 Å². The Morgan fingerprint density at radius 1 is 1.14 bits per heavy atom. The van der Waals surface area contributed by atoms with Gasteiger partial charge in [0.2, 0.25) is 0 Å². The second-order valence-corrected chi connectivity index (χ2v) is 5.28. The van der Waals surface area contributed by atoms with Crippen molar-refractivity contribution in [3.05, 3.63) is 69.9 Å². The second kappa shape index (κ2) is 5.19. The van der Waals surface area contributed by atoms with Crippen LogP contribution < -0.4 is 0 Å². The number of halogens is 1. The predicted molar refractivity (Wildman–Crippen MR) is 83.3 cm³/mol. The van der Waals surface area contributed by atoms with Crippen molar-refractivity contribution in [1.29, 1.82) is 0 Å². The fourth-order valence-electron chi connectivity index (χ4n) is 2.50. The molecule has 2 aromatic carbocycles. The Kier molecular flexibility index (Phi) is 3.35. The van der Waals surface area contributed by atoms with Gasteiger partial charge < -0.3 is 4.98 Å². The van der Waals surface area contributed by atoms with Gasteiger partial charge in [-0.2, -0.15) is 0 Å². The zero-order chi connectivity index (χ0) is 15.0. The molecule has 0 radical (unpaired) electrons. The molecule has 1 aromatic heterocycles. The number of hydrogen-bond donors (Lipinski definition) is 1. The highest BCUT2D eigenvalue weighted by atomic mass is 35.5. The number of carbonyl (C=O) groups is 2. The van der Waals surface area contributed by atoms with Gasteiger partial charge in [-0.3, -0.25) is 9.59 Å². The predicted octanol–water partition coefficient (Wildman–Crippen LogP) is 4.17. The third-order valence-electron chi connectivity index (χ3n) is 3.53. The summed E-state index contributed by atoms with van der Waals surface area (Å²) in [7, 11) is 0. The summed E-state index contributed by atoms with van der Waals surface area (Å²) in [6, 6.07) is 12.1. The first kappa shape index (κ1) is 13.6. The molecule has 104 valence electrons. The van der Waals surface area contributed by atoms with Crippen LogP contribution >= 0.6 is 11.6 Å². The van der Waals surface area contributed by atoms with Crippen molar-refractivity contribution in [2.24, 2.45) is 0 Å². The second-order valence-electron chi connectivity index (χ2n) is 4.85. The summed E-state index contributed by atoms with van der Waals surface area (Å²) in [6.07, 6.45) is 0.785. The first-order chi connectivity index (χ1) is 10.1. The average Bonchev–Trinajstić information content (AvgIpc) is 2.82. The number of nitrogens with one attached hydrogen (secondary N) is 1. The highest BCUT2D eigenvalue weighted by Gasteiger charge is 2.17. The molecule has 4 heteroatoms. The fourth-order valence-corrected chi connectivity index (χ4v) is 2.62. The summed E-state index contributed by atoms with van der Waals surface area (Å²) in [5.41, 5.74) is 3.14. The molecule has 0 aliphatic rings. The minimum atomic E-state index is -0.126. The number of rotatable bonds is 3. The highest BCUT2D eigenvalue weighted by Crippen LogP contribution is 2.26. The number of ketones is 1. The first-order valence-electron chi connectivity index (χ1n) is 6.48. The van der Waals surface area contributed by atoms with Gasteiger partial charge in [0.1, 0.15) is 0 Å². The summed E-state index contributed by atoms with van der Waals surface area (Å²) >= 11 is 5.85. The number of aromatic nitrogens is 1. The van der Waals surface area contributed by atoms with Crippen molar-refractivity contribution in [3.63, 3.8) is 0 Å². The first-order valence-corrected chi connectivity index (χ1v) is 6.86. The van der Waals surface area contributed by atoms with Crippen molar-refractivity contribution < 1.29 is 9.59 Å². The molecule has 1 heterocycles. The molecule has 3 nitrogen and oxygen atoms in total.